The largest absolute Gasteiger partial charge is 0.490 e. The second-order valence-corrected chi connectivity index (χ2v) is 19.8. The molecule has 4 N–H and O–H groups in total. The fraction of sp³-hybridized carbons (Fsp3) is 0.421. The van der Waals surface area contributed by atoms with Gasteiger partial charge in [0.15, 0.2) is 5.82 Å². The van der Waals surface area contributed by atoms with Gasteiger partial charge in [-0.3, -0.25) is 4.90 Å². The number of halogens is 6. The Kier molecular flexibility index (Phi) is 9.72. The molecule has 3 atom stereocenters. The van der Waals surface area contributed by atoms with Crippen molar-refractivity contribution in [3.63, 3.8) is 0 Å². The van der Waals surface area contributed by atoms with Gasteiger partial charge in [-0.15, -0.1) is 11.3 Å². The first-order chi connectivity index (χ1) is 27.0. The van der Waals surface area contributed by atoms with E-state index in [2.05, 4.69) is 15.0 Å². The Morgan fingerprint density at radius 1 is 1.18 bits per heavy atom. The third-order valence-corrected chi connectivity index (χ3v) is 13.5. The summed E-state index contributed by atoms with van der Waals surface area (Å²) >= 11 is 0.652. The molecule has 2 aromatic carbocycles. The molecule has 57 heavy (non-hydrogen) atoms. The van der Waals surface area contributed by atoms with Gasteiger partial charge in [-0.25, -0.2) is 18.2 Å². The Balaban J connectivity index is 1.42. The third kappa shape index (κ3) is 6.76. The van der Waals surface area contributed by atoms with Gasteiger partial charge in [0.1, 0.15) is 64.7 Å². The van der Waals surface area contributed by atoms with E-state index >= 15 is 22.0 Å². The summed E-state index contributed by atoms with van der Waals surface area (Å²) in [4.78, 5) is 16.9. The molecule has 0 unspecified atom stereocenters. The molecule has 8 rings (SSSR count). The van der Waals surface area contributed by atoms with E-state index in [1.54, 1.807) is 30.4 Å². The number of nitrogens with zero attached hydrogens (tertiary/aromatic N) is 6. The number of aromatic nitrogens is 3. The number of nitriles is 1. The van der Waals surface area contributed by atoms with Crippen molar-refractivity contribution in [3.05, 3.63) is 58.8 Å². The first-order valence-electron chi connectivity index (χ1n) is 18.2. The molecule has 19 heteroatoms. The summed E-state index contributed by atoms with van der Waals surface area (Å²) in [6.07, 6.45) is -2.92. The molecule has 3 aromatic heterocycles. The van der Waals surface area contributed by atoms with Crippen LogP contribution in [0.25, 0.3) is 32.1 Å². The van der Waals surface area contributed by atoms with Crippen LogP contribution in [0.4, 0.5) is 43.0 Å². The number of hydrogen-bond acceptors (Lipinski definition) is 12. The molecule has 0 bridgehead atoms. The van der Waals surface area contributed by atoms with E-state index in [0.717, 1.165) is 18.6 Å². The highest BCUT2D eigenvalue weighted by Crippen LogP contribution is 2.54. The van der Waals surface area contributed by atoms with Crippen molar-refractivity contribution >= 4 is 56.1 Å². The maximum Gasteiger partial charge on any atom is 0.420 e. The lowest BCUT2D eigenvalue weighted by atomic mass is 9.91. The van der Waals surface area contributed by atoms with Crippen molar-refractivity contribution in [2.24, 2.45) is 0 Å². The van der Waals surface area contributed by atoms with Crippen LogP contribution in [-0.4, -0.2) is 83.9 Å². The maximum atomic E-state index is 17.6. The number of nitrogens with two attached hydrogens (primary N) is 2. The van der Waals surface area contributed by atoms with Crippen LogP contribution in [0.2, 0.25) is 0 Å². The van der Waals surface area contributed by atoms with Crippen molar-refractivity contribution in [1.29, 1.82) is 5.26 Å². The zero-order valence-corrected chi connectivity index (χ0v) is 32.5. The number of fused-ring (bicyclic) bond motifs is 2. The SMILES string of the molecule is CP(C)(=O)CC[C@H](c1cccnc1N)N1CCOc2c(C(F)(F)F)c(-c3ccc(F)c4sc(N)c(C#N)c34)c(F)c3nc(OC[C@@]45CCCN4C[C@H](F)C5)nc1c23. The van der Waals surface area contributed by atoms with Crippen molar-refractivity contribution in [1.82, 2.24) is 19.9 Å². The van der Waals surface area contributed by atoms with Crippen LogP contribution < -0.4 is 25.8 Å². The number of thiophene rings is 1. The van der Waals surface area contributed by atoms with Gasteiger partial charge in [-0.2, -0.15) is 28.4 Å². The summed E-state index contributed by atoms with van der Waals surface area (Å²) in [5.74, 6) is -3.18. The molecule has 0 saturated carbocycles. The molecule has 300 valence electrons. The molecule has 0 amide bonds. The number of anilines is 3. The topological polar surface area (TPSA) is 157 Å². The molecule has 2 saturated heterocycles. The Labute approximate surface area is 326 Å². The van der Waals surface area contributed by atoms with Gasteiger partial charge in [-0.05, 0) is 56.8 Å². The molecule has 3 aliphatic rings. The minimum absolute atomic E-state index is 0.0804. The molecular weight excluding hydrogens is 793 g/mol. The van der Waals surface area contributed by atoms with Crippen LogP contribution in [-0.2, 0) is 10.7 Å². The van der Waals surface area contributed by atoms with Crippen LogP contribution in [0.5, 0.6) is 11.8 Å². The molecular formula is C38H37F6N8O3PS. The number of benzene rings is 2. The highest BCUT2D eigenvalue weighted by atomic mass is 32.1. The van der Waals surface area contributed by atoms with Gasteiger partial charge in [0.05, 0.1) is 40.9 Å². The Morgan fingerprint density at radius 3 is 2.68 bits per heavy atom. The summed E-state index contributed by atoms with van der Waals surface area (Å²) in [6, 6.07) is 5.83. The van der Waals surface area contributed by atoms with Crippen molar-refractivity contribution in [2.45, 2.75) is 49.6 Å². The Hall–Kier alpha value is -4.85. The summed E-state index contributed by atoms with van der Waals surface area (Å²) in [5.41, 5.74) is 8.25. The van der Waals surface area contributed by atoms with Gasteiger partial charge >= 0.3 is 12.2 Å². The van der Waals surface area contributed by atoms with Gasteiger partial charge in [0.2, 0.25) is 0 Å². The second kappa shape index (κ2) is 14.2. The molecule has 0 radical (unpaired) electrons. The highest BCUT2D eigenvalue weighted by Gasteiger charge is 2.50. The highest BCUT2D eigenvalue weighted by molar-refractivity contribution is 7.62. The van der Waals surface area contributed by atoms with E-state index in [9.17, 15) is 14.2 Å². The van der Waals surface area contributed by atoms with Crippen LogP contribution in [0.15, 0.2) is 30.5 Å². The molecule has 0 spiro atoms. The summed E-state index contributed by atoms with van der Waals surface area (Å²) in [7, 11) is -2.67. The van der Waals surface area contributed by atoms with Crippen molar-refractivity contribution in [3.8, 4) is 29.0 Å². The zero-order valence-electron chi connectivity index (χ0n) is 30.8. The van der Waals surface area contributed by atoms with E-state index in [-0.39, 0.29) is 83.6 Å². The second-order valence-electron chi connectivity index (χ2n) is 15.2. The molecule has 6 heterocycles. The minimum Gasteiger partial charge on any atom is -0.490 e. The fourth-order valence-corrected chi connectivity index (χ4v) is 10.5. The normalized spacial score (nSPS) is 20.4. The van der Waals surface area contributed by atoms with E-state index in [1.807, 2.05) is 11.0 Å². The molecule has 3 aliphatic heterocycles. The average Bonchev–Trinajstić information content (AvgIpc) is 3.75. The maximum absolute atomic E-state index is 17.6. The fourth-order valence-electron chi connectivity index (χ4n) is 8.64. The number of alkyl halides is 4. The van der Waals surface area contributed by atoms with Crippen molar-refractivity contribution < 1.29 is 40.4 Å². The summed E-state index contributed by atoms with van der Waals surface area (Å²) < 4.78 is 119. The number of rotatable bonds is 9. The van der Waals surface area contributed by atoms with E-state index in [0.29, 0.717) is 29.9 Å². The van der Waals surface area contributed by atoms with Gasteiger partial charge < -0.3 is 30.4 Å². The average molecular weight is 831 g/mol. The minimum atomic E-state index is -5.28. The lowest BCUT2D eigenvalue weighted by Crippen LogP contribution is -2.43. The van der Waals surface area contributed by atoms with Gasteiger partial charge in [0, 0.05) is 41.8 Å². The van der Waals surface area contributed by atoms with Crippen molar-refractivity contribution in [2.75, 3.05) is 68.7 Å². The summed E-state index contributed by atoms with van der Waals surface area (Å²) in [6.45, 7) is 3.54. The quantitative estimate of drug-likeness (QED) is 0.109. The predicted octanol–water partition coefficient (Wildman–Crippen LogP) is 8.15. The predicted molar refractivity (Wildman–Crippen MR) is 206 cm³/mol. The van der Waals surface area contributed by atoms with E-state index in [4.69, 9.17) is 20.9 Å². The van der Waals surface area contributed by atoms with Gasteiger partial charge in [0.25, 0.3) is 0 Å². The van der Waals surface area contributed by atoms with Crippen LogP contribution in [0.3, 0.4) is 0 Å². The number of hydrogen-bond donors (Lipinski definition) is 2. The summed E-state index contributed by atoms with van der Waals surface area (Å²) in [5, 5.41) is 9.11. The molecule has 0 aliphatic carbocycles. The van der Waals surface area contributed by atoms with E-state index < -0.39 is 76.0 Å². The van der Waals surface area contributed by atoms with Crippen LogP contribution in [0, 0.1) is 23.0 Å². The number of ether oxygens (including phenoxy) is 2. The van der Waals surface area contributed by atoms with Crippen LogP contribution in [0.1, 0.15) is 48.4 Å². The lowest BCUT2D eigenvalue weighted by molar-refractivity contribution is -0.138. The first kappa shape index (κ1) is 39.0. The Bertz CT molecular complexity index is 2530. The van der Waals surface area contributed by atoms with Gasteiger partial charge in [-0.1, -0.05) is 12.1 Å². The first-order valence-corrected chi connectivity index (χ1v) is 21.8. The van der Waals surface area contributed by atoms with Crippen LogP contribution >= 0.6 is 18.5 Å². The molecule has 11 nitrogen and oxygen atoms in total. The monoisotopic (exact) mass is 830 g/mol. The third-order valence-electron chi connectivity index (χ3n) is 11.1. The van der Waals surface area contributed by atoms with E-state index in [1.165, 1.54) is 6.20 Å². The number of nitrogen functional groups attached to an aromatic ring is 2. The smallest absolute Gasteiger partial charge is 0.420 e. The zero-order chi connectivity index (χ0) is 40.6. The Morgan fingerprint density at radius 2 is 1.96 bits per heavy atom. The molecule has 2 fully saturated rings. The lowest BCUT2D eigenvalue weighted by Gasteiger charge is -2.34. The molecule has 5 aromatic rings. The standard InChI is InChI=1S/C38H37F6N8O3PS/c1-56(2,53)14-8-24(20-5-3-10-48-33(20)46)52-12-13-54-31-27-30(49-36(50-35(27)52)55-18-37-9-4-11-51(37)17-19(39)15-37)29(41)26(28(31)38(42,43)44)21-6-7-23(40)32-25(21)22(16-45)34(47)57-32/h3,5-7,10,19,24H,4,8-9,11-15,17-18,47H2,1-2H3,(H2,46,48)/t19-,24-,37+/m1/s1. The number of pyridine rings is 1.